The van der Waals surface area contributed by atoms with Crippen LogP contribution in [0.1, 0.15) is 19.3 Å². The Bertz CT molecular complexity index is 404. The topological polar surface area (TPSA) is 29.5 Å². The van der Waals surface area contributed by atoms with Gasteiger partial charge in [0.05, 0.1) is 0 Å². The molecule has 1 heterocycles. The Hall–Kier alpha value is -1.00. The van der Waals surface area contributed by atoms with E-state index < -0.39 is 0 Å². The molecule has 110 valence electrons. The van der Waals surface area contributed by atoms with Crippen molar-refractivity contribution in [1.82, 2.24) is 4.90 Å². The van der Waals surface area contributed by atoms with Gasteiger partial charge in [0.25, 0.3) is 0 Å². The average Bonchev–Trinajstić information content (AvgIpc) is 2.49. The highest BCUT2D eigenvalue weighted by atomic mass is 32.2. The Morgan fingerprint density at radius 3 is 2.90 bits per heavy atom. The molecule has 0 saturated carbocycles. The molecule has 1 amide bonds. The van der Waals surface area contributed by atoms with Crippen LogP contribution in [-0.4, -0.2) is 43.4 Å². The fourth-order valence-corrected chi connectivity index (χ4v) is 3.26. The van der Waals surface area contributed by atoms with Crippen molar-refractivity contribution in [3.05, 3.63) is 30.3 Å². The van der Waals surface area contributed by atoms with E-state index in [2.05, 4.69) is 12.1 Å². The van der Waals surface area contributed by atoms with Crippen LogP contribution in [0.2, 0.25) is 0 Å². The maximum Gasteiger partial charge on any atom is 0.222 e. The van der Waals surface area contributed by atoms with Crippen LogP contribution in [0.5, 0.6) is 0 Å². The number of carbonyl (C=O) groups excluding carboxylic acids is 1. The van der Waals surface area contributed by atoms with Gasteiger partial charge in [-0.25, -0.2) is 0 Å². The quantitative estimate of drug-likeness (QED) is 0.755. The summed E-state index contributed by atoms with van der Waals surface area (Å²) in [6, 6.07) is 10.3. The lowest BCUT2D eigenvalue weighted by Crippen LogP contribution is -2.32. The van der Waals surface area contributed by atoms with Gasteiger partial charge in [-0.2, -0.15) is 0 Å². The summed E-state index contributed by atoms with van der Waals surface area (Å²) in [7, 11) is 1.90. The molecule has 1 fully saturated rings. The third-order valence-corrected chi connectivity index (χ3v) is 4.57. The number of rotatable bonds is 6. The van der Waals surface area contributed by atoms with Gasteiger partial charge in [0.1, 0.15) is 0 Å². The summed E-state index contributed by atoms with van der Waals surface area (Å²) in [6.07, 6.45) is 2.84. The molecule has 0 bridgehead atoms. The minimum Gasteiger partial charge on any atom is -0.381 e. The van der Waals surface area contributed by atoms with Gasteiger partial charge in [0.2, 0.25) is 5.91 Å². The number of nitrogens with zero attached hydrogens (tertiary/aromatic N) is 1. The molecule has 0 aliphatic carbocycles. The number of ether oxygens (including phenoxy) is 1. The Morgan fingerprint density at radius 1 is 1.40 bits per heavy atom. The van der Waals surface area contributed by atoms with Gasteiger partial charge in [-0.05, 0) is 30.9 Å². The van der Waals surface area contributed by atoms with Crippen molar-refractivity contribution in [2.45, 2.75) is 24.2 Å². The molecule has 2 rings (SSSR count). The molecule has 1 aromatic carbocycles. The average molecular weight is 293 g/mol. The van der Waals surface area contributed by atoms with E-state index in [9.17, 15) is 4.79 Å². The van der Waals surface area contributed by atoms with Crippen LogP contribution in [0.4, 0.5) is 0 Å². The molecule has 0 spiro atoms. The normalized spacial score (nSPS) is 18.8. The lowest BCUT2D eigenvalue weighted by Gasteiger charge is -2.24. The Balaban J connectivity index is 1.65. The van der Waals surface area contributed by atoms with Gasteiger partial charge in [0.15, 0.2) is 0 Å². The van der Waals surface area contributed by atoms with E-state index in [0.717, 1.165) is 38.4 Å². The fourth-order valence-electron chi connectivity index (χ4n) is 2.31. The summed E-state index contributed by atoms with van der Waals surface area (Å²) in [5.41, 5.74) is 0. The molecule has 0 N–H and O–H groups in total. The first-order valence-electron chi connectivity index (χ1n) is 7.25. The first kappa shape index (κ1) is 15.4. The molecule has 0 unspecified atom stereocenters. The summed E-state index contributed by atoms with van der Waals surface area (Å²) in [4.78, 5) is 15.2. The number of amides is 1. The van der Waals surface area contributed by atoms with Gasteiger partial charge in [-0.3, -0.25) is 4.79 Å². The van der Waals surface area contributed by atoms with Gasteiger partial charge >= 0.3 is 0 Å². The van der Waals surface area contributed by atoms with E-state index in [1.807, 2.05) is 30.1 Å². The third-order valence-electron chi connectivity index (χ3n) is 3.58. The van der Waals surface area contributed by atoms with Crippen molar-refractivity contribution in [3.8, 4) is 0 Å². The van der Waals surface area contributed by atoms with Crippen LogP contribution in [-0.2, 0) is 9.53 Å². The molecular formula is C16H23NO2S. The monoisotopic (exact) mass is 293 g/mol. The molecule has 0 radical (unpaired) electrons. The van der Waals surface area contributed by atoms with E-state index >= 15 is 0 Å². The molecule has 20 heavy (non-hydrogen) atoms. The highest BCUT2D eigenvalue weighted by Gasteiger charge is 2.19. The van der Waals surface area contributed by atoms with Crippen molar-refractivity contribution >= 4 is 17.7 Å². The predicted molar refractivity (Wildman–Crippen MR) is 83.0 cm³/mol. The first-order chi connectivity index (χ1) is 9.75. The second kappa shape index (κ2) is 8.32. The Morgan fingerprint density at radius 2 is 2.20 bits per heavy atom. The zero-order valence-corrected chi connectivity index (χ0v) is 12.9. The van der Waals surface area contributed by atoms with Crippen LogP contribution in [0.15, 0.2) is 35.2 Å². The van der Waals surface area contributed by atoms with E-state index in [4.69, 9.17) is 4.74 Å². The predicted octanol–water partition coefficient (Wildman–Crippen LogP) is 3.05. The SMILES string of the molecule is CN(CCSc1ccccc1)C(=O)C[C@H]1CCCOC1. The maximum absolute atomic E-state index is 12.1. The fraction of sp³-hybridized carbons (Fsp3) is 0.562. The summed E-state index contributed by atoms with van der Waals surface area (Å²) >= 11 is 1.79. The van der Waals surface area contributed by atoms with Crippen LogP contribution < -0.4 is 0 Å². The first-order valence-corrected chi connectivity index (χ1v) is 8.24. The molecule has 4 heteroatoms. The largest absolute Gasteiger partial charge is 0.381 e. The van der Waals surface area contributed by atoms with Crippen LogP contribution in [0, 0.1) is 5.92 Å². The van der Waals surface area contributed by atoms with Gasteiger partial charge in [0, 0.05) is 43.9 Å². The second-order valence-electron chi connectivity index (χ2n) is 5.26. The highest BCUT2D eigenvalue weighted by molar-refractivity contribution is 7.99. The number of thioether (sulfide) groups is 1. The molecule has 1 atom stereocenters. The second-order valence-corrected chi connectivity index (χ2v) is 6.43. The van der Waals surface area contributed by atoms with Crippen molar-refractivity contribution in [2.24, 2.45) is 5.92 Å². The van der Waals surface area contributed by atoms with E-state index in [-0.39, 0.29) is 5.91 Å². The third kappa shape index (κ3) is 5.17. The highest BCUT2D eigenvalue weighted by Crippen LogP contribution is 2.19. The lowest BCUT2D eigenvalue weighted by molar-refractivity contribution is -0.131. The minimum absolute atomic E-state index is 0.245. The molecule has 1 aliphatic heterocycles. The van der Waals surface area contributed by atoms with Crippen LogP contribution in [0.25, 0.3) is 0 Å². The van der Waals surface area contributed by atoms with E-state index in [0.29, 0.717) is 12.3 Å². The molecule has 1 aliphatic rings. The standard InChI is InChI=1S/C16H23NO2S/c1-17(9-11-20-15-7-3-2-4-8-15)16(18)12-14-6-5-10-19-13-14/h2-4,7-8,14H,5-6,9-13H2,1H3/t14-/m1/s1. The van der Waals surface area contributed by atoms with Gasteiger partial charge in [-0.15, -0.1) is 11.8 Å². The van der Waals surface area contributed by atoms with Crippen LogP contribution in [0.3, 0.4) is 0 Å². The van der Waals surface area contributed by atoms with Crippen molar-refractivity contribution in [3.63, 3.8) is 0 Å². The Labute approximate surface area is 125 Å². The number of hydrogen-bond donors (Lipinski definition) is 0. The Kier molecular flexibility index (Phi) is 6.40. The van der Waals surface area contributed by atoms with Crippen molar-refractivity contribution < 1.29 is 9.53 Å². The van der Waals surface area contributed by atoms with Crippen molar-refractivity contribution in [2.75, 3.05) is 32.6 Å². The van der Waals surface area contributed by atoms with E-state index in [1.54, 1.807) is 11.8 Å². The van der Waals surface area contributed by atoms with Crippen LogP contribution >= 0.6 is 11.8 Å². The zero-order valence-electron chi connectivity index (χ0n) is 12.1. The van der Waals surface area contributed by atoms with Gasteiger partial charge < -0.3 is 9.64 Å². The van der Waals surface area contributed by atoms with Gasteiger partial charge in [-0.1, -0.05) is 18.2 Å². The summed E-state index contributed by atoms with van der Waals surface area (Å²) in [6.45, 7) is 2.40. The number of benzene rings is 1. The minimum atomic E-state index is 0.245. The smallest absolute Gasteiger partial charge is 0.222 e. The molecule has 1 aromatic rings. The lowest BCUT2D eigenvalue weighted by atomic mass is 9.98. The summed E-state index contributed by atoms with van der Waals surface area (Å²) in [5, 5.41) is 0. The summed E-state index contributed by atoms with van der Waals surface area (Å²) in [5.74, 6) is 1.60. The number of hydrogen-bond acceptors (Lipinski definition) is 3. The molecule has 1 saturated heterocycles. The maximum atomic E-state index is 12.1. The van der Waals surface area contributed by atoms with E-state index in [1.165, 1.54) is 4.90 Å². The van der Waals surface area contributed by atoms with Crippen molar-refractivity contribution in [1.29, 1.82) is 0 Å². The molecular weight excluding hydrogens is 270 g/mol. The summed E-state index contributed by atoms with van der Waals surface area (Å²) < 4.78 is 5.43. The molecule has 3 nitrogen and oxygen atoms in total. The number of carbonyl (C=O) groups is 1. The zero-order chi connectivity index (χ0) is 14.2. The molecule has 0 aromatic heterocycles.